The van der Waals surface area contributed by atoms with Crippen LogP contribution in [0.1, 0.15) is 55.4 Å². The topological polar surface area (TPSA) is 175 Å². The number of ether oxygens (including phenoxy) is 3. The van der Waals surface area contributed by atoms with Crippen LogP contribution >= 0.6 is 8.22 Å². The van der Waals surface area contributed by atoms with Crippen LogP contribution < -0.4 is 21.5 Å². The van der Waals surface area contributed by atoms with E-state index in [2.05, 4.69) is 29.9 Å². The summed E-state index contributed by atoms with van der Waals surface area (Å²) in [5.41, 5.74) is 5.87. The van der Waals surface area contributed by atoms with Gasteiger partial charge >= 0.3 is 5.97 Å². The zero-order valence-electron chi connectivity index (χ0n) is 23.0. The van der Waals surface area contributed by atoms with E-state index >= 15 is 0 Å². The van der Waals surface area contributed by atoms with Crippen molar-refractivity contribution in [1.82, 2.24) is 29.7 Å². The fourth-order valence-electron chi connectivity index (χ4n) is 2.41. The molecule has 0 saturated carbocycles. The van der Waals surface area contributed by atoms with Gasteiger partial charge in [0.15, 0.2) is 11.2 Å². The number of fused-ring (bicyclic) bond motifs is 1. The molecule has 0 aliphatic rings. The molecule has 2 aromatic rings. The molecule has 2 atom stereocenters. The van der Waals surface area contributed by atoms with Crippen molar-refractivity contribution in [2.75, 3.05) is 32.4 Å². The number of anilines is 1. The van der Waals surface area contributed by atoms with Crippen molar-refractivity contribution < 1.29 is 23.8 Å². The van der Waals surface area contributed by atoms with Crippen LogP contribution in [-0.4, -0.2) is 70.7 Å². The molecule has 0 spiro atoms. The molecular weight excluding hydrogens is 489 g/mol. The molecule has 0 bridgehead atoms. The highest BCUT2D eigenvalue weighted by Gasteiger charge is 2.19. The number of nitrogen functional groups attached to an aromatic ring is 1. The first kappa shape index (κ1) is 35.6. The first-order valence-electron chi connectivity index (χ1n) is 11.9. The Kier molecular flexibility index (Phi) is 21.4. The summed E-state index contributed by atoms with van der Waals surface area (Å²) in [5, 5.41) is 6.55. The van der Waals surface area contributed by atoms with Crippen molar-refractivity contribution in [3.8, 4) is 0 Å². The highest BCUT2D eigenvalue weighted by atomic mass is 31.1. The number of hydrogen-bond acceptors (Lipinski definition) is 11. The number of nitrogens with two attached hydrogens (primary N) is 1. The van der Waals surface area contributed by atoms with Crippen LogP contribution in [0.25, 0.3) is 11.2 Å². The number of carbonyl (C=O) groups is 2. The van der Waals surface area contributed by atoms with E-state index in [0.717, 1.165) is 0 Å². The number of rotatable bonds is 12. The van der Waals surface area contributed by atoms with E-state index in [1.54, 1.807) is 18.4 Å². The zero-order valence-corrected chi connectivity index (χ0v) is 23.8. The fraction of sp³-hybridized carbons (Fsp3) is 0.682. The van der Waals surface area contributed by atoms with Gasteiger partial charge in [0, 0.05) is 12.6 Å². The Balaban J connectivity index is 0. The molecule has 0 aliphatic heterocycles. The van der Waals surface area contributed by atoms with Gasteiger partial charge in [0.2, 0.25) is 5.95 Å². The van der Waals surface area contributed by atoms with E-state index in [1.165, 1.54) is 13.4 Å². The molecule has 2 heterocycles. The van der Waals surface area contributed by atoms with Gasteiger partial charge in [-0.15, -0.1) is 0 Å². The molecule has 5 N–H and O–H groups in total. The minimum atomic E-state index is -0.930. The van der Waals surface area contributed by atoms with Crippen LogP contribution in [0, 0.1) is 0 Å². The Morgan fingerprint density at radius 2 is 1.89 bits per heavy atom. The lowest BCUT2D eigenvalue weighted by Gasteiger charge is -2.24. The minimum absolute atomic E-state index is 0.0424. The van der Waals surface area contributed by atoms with Crippen molar-refractivity contribution in [2.24, 2.45) is 0 Å². The predicted octanol–water partition coefficient (Wildman–Crippen LogP) is 2.37. The molecule has 36 heavy (non-hydrogen) atoms. The van der Waals surface area contributed by atoms with Gasteiger partial charge in [-0.2, -0.15) is 4.98 Å². The summed E-state index contributed by atoms with van der Waals surface area (Å²) in [6.07, 6.45) is 1.93. The van der Waals surface area contributed by atoms with Crippen molar-refractivity contribution in [3.05, 3.63) is 16.7 Å². The summed E-state index contributed by atoms with van der Waals surface area (Å²) in [6.45, 7) is 17.3. The number of nitrogens with zero attached hydrogens (tertiary/aromatic N) is 3. The van der Waals surface area contributed by atoms with Crippen LogP contribution in [0.15, 0.2) is 11.1 Å². The Labute approximate surface area is 214 Å². The minimum Gasteiger partial charge on any atom is -0.468 e. The number of hydrogen-bond donors (Lipinski definition) is 4. The summed E-state index contributed by atoms with van der Waals surface area (Å²) in [5.74, 6) is -0.285. The van der Waals surface area contributed by atoms with Gasteiger partial charge in [-0.05, 0) is 27.7 Å². The zero-order chi connectivity index (χ0) is 28.1. The van der Waals surface area contributed by atoms with Gasteiger partial charge < -0.3 is 24.5 Å². The maximum atomic E-state index is 11.8. The van der Waals surface area contributed by atoms with Crippen molar-refractivity contribution in [3.63, 3.8) is 0 Å². The molecule has 1 unspecified atom stereocenters. The smallest absolute Gasteiger partial charge is 0.322 e. The first-order valence-corrected chi connectivity index (χ1v) is 13.5. The fourth-order valence-corrected chi connectivity index (χ4v) is 4.14. The molecular formula is C22H44N7O6P. The third-order valence-electron chi connectivity index (χ3n) is 3.74. The van der Waals surface area contributed by atoms with Crippen molar-refractivity contribution >= 4 is 37.8 Å². The molecule has 14 heteroatoms. The molecule has 0 aliphatic carbocycles. The van der Waals surface area contributed by atoms with Crippen LogP contribution in [0.4, 0.5) is 5.95 Å². The molecule has 0 saturated heterocycles. The quantitative estimate of drug-likeness (QED) is 0.136. The average Bonchev–Trinajstić information content (AvgIpc) is 3.27. The Bertz CT molecular complexity index is 907. The van der Waals surface area contributed by atoms with Crippen LogP contribution in [0.3, 0.4) is 0 Å². The second-order valence-electron chi connectivity index (χ2n) is 6.74. The third-order valence-corrected chi connectivity index (χ3v) is 5.71. The van der Waals surface area contributed by atoms with Gasteiger partial charge in [0.1, 0.15) is 6.04 Å². The van der Waals surface area contributed by atoms with E-state index < -0.39 is 14.3 Å². The Morgan fingerprint density at radius 1 is 1.25 bits per heavy atom. The highest BCUT2D eigenvalue weighted by molar-refractivity contribution is 7.53. The standard InChI is InChI=1S/C15H26N7O4P.C3H6O2.2C2H6/c1-9(2)20-27(21-10(3)14(24)25-4)8-26-6-5-22-7-17-11-12(22)18-15(16)19-13(11)23;1-2-5-3-4;2*1-2/h7,9-10,20-21H,5-6,8H2,1-4H3,(H3,16,18,19,23);3H,2H2,1H3;2*1-2H3/t10-,27?;;;/m0.../s1. The largest absolute Gasteiger partial charge is 0.468 e. The van der Waals surface area contributed by atoms with Gasteiger partial charge in [-0.1, -0.05) is 27.7 Å². The molecule has 0 radical (unpaired) electrons. The average molecular weight is 534 g/mol. The lowest BCUT2D eigenvalue weighted by Crippen LogP contribution is -2.37. The van der Waals surface area contributed by atoms with E-state index in [1.807, 2.05) is 41.5 Å². The summed E-state index contributed by atoms with van der Waals surface area (Å²) in [7, 11) is 0.427. The maximum Gasteiger partial charge on any atom is 0.322 e. The molecule has 2 aromatic heterocycles. The van der Waals surface area contributed by atoms with E-state index in [4.69, 9.17) is 15.2 Å². The molecule has 0 aromatic carbocycles. The normalized spacial score (nSPS) is 11.6. The number of H-pyrrole nitrogens is 1. The van der Waals surface area contributed by atoms with Gasteiger partial charge in [-0.3, -0.25) is 29.5 Å². The molecule has 13 nitrogen and oxygen atoms in total. The summed E-state index contributed by atoms with van der Waals surface area (Å²) in [4.78, 5) is 43.1. The SMILES string of the molecule is CC.CC.CCOC=O.COC(=O)[C@H](C)NP(COCCn1cnc2c(=O)[nH]c(N)nc21)NC(C)C. The number of nitrogens with one attached hydrogen (secondary N) is 3. The van der Waals surface area contributed by atoms with E-state index in [-0.39, 0.29) is 29.0 Å². The molecule has 208 valence electrons. The highest BCUT2D eigenvalue weighted by Crippen LogP contribution is 2.27. The summed E-state index contributed by atoms with van der Waals surface area (Å²) in [6, 6.07) is -0.207. The molecule has 2 rings (SSSR count). The number of esters is 1. The Hall–Kier alpha value is -2.60. The number of aromatic amines is 1. The predicted molar refractivity (Wildman–Crippen MR) is 144 cm³/mol. The van der Waals surface area contributed by atoms with E-state index in [9.17, 15) is 14.4 Å². The molecule has 0 fully saturated rings. The van der Waals surface area contributed by atoms with Crippen molar-refractivity contribution in [1.29, 1.82) is 0 Å². The number of carbonyl (C=O) groups excluding carboxylic acids is 2. The third kappa shape index (κ3) is 14.1. The second-order valence-corrected chi connectivity index (χ2v) is 8.37. The summed E-state index contributed by atoms with van der Waals surface area (Å²) < 4.78 is 16.4. The molecule has 0 amide bonds. The van der Waals surface area contributed by atoms with Gasteiger partial charge in [0.05, 0.1) is 41.2 Å². The van der Waals surface area contributed by atoms with Crippen LogP contribution in [0.5, 0.6) is 0 Å². The number of methoxy groups -OCH3 is 1. The monoisotopic (exact) mass is 533 g/mol. The van der Waals surface area contributed by atoms with Crippen LogP contribution in [-0.2, 0) is 30.3 Å². The first-order chi connectivity index (χ1) is 17.2. The van der Waals surface area contributed by atoms with E-state index in [0.29, 0.717) is 38.2 Å². The second kappa shape index (κ2) is 21.7. The summed E-state index contributed by atoms with van der Waals surface area (Å²) >= 11 is 0. The van der Waals surface area contributed by atoms with Gasteiger partial charge in [0.25, 0.3) is 12.0 Å². The Morgan fingerprint density at radius 3 is 2.39 bits per heavy atom. The number of imidazole rings is 1. The number of aromatic nitrogens is 4. The van der Waals surface area contributed by atoms with Crippen LogP contribution in [0.2, 0.25) is 0 Å². The van der Waals surface area contributed by atoms with Crippen molar-refractivity contribution in [2.45, 2.75) is 74.0 Å². The lowest BCUT2D eigenvalue weighted by atomic mass is 10.4. The lowest BCUT2D eigenvalue weighted by molar-refractivity contribution is -0.142. The maximum absolute atomic E-state index is 11.8. The van der Waals surface area contributed by atoms with Gasteiger partial charge in [-0.25, -0.2) is 4.98 Å².